The van der Waals surface area contributed by atoms with Crippen LogP contribution < -0.4 is 30.2 Å². The number of rotatable bonds is 9. The van der Waals surface area contributed by atoms with Gasteiger partial charge in [-0.2, -0.15) is 0 Å². The summed E-state index contributed by atoms with van der Waals surface area (Å²) in [5.74, 6) is 1.36. The van der Waals surface area contributed by atoms with Gasteiger partial charge in [0.15, 0.2) is 11.5 Å². The minimum Gasteiger partial charge on any atom is -0.486 e. The van der Waals surface area contributed by atoms with Crippen LogP contribution in [-0.2, 0) is 19.1 Å². The minimum absolute atomic E-state index is 0.00948. The van der Waals surface area contributed by atoms with E-state index in [1.807, 2.05) is 39.0 Å². The molecule has 3 N–H and O–H groups in total. The second-order valence-corrected chi connectivity index (χ2v) is 12.8. The second kappa shape index (κ2) is 14.4. The molecule has 3 heterocycles. The average molecular weight is 625 g/mol. The molecule has 0 bridgehead atoms. The van der Waals surface area contributed by atoms with Gasteiger partial charge in [-0.05, 0) is 83.1 Å². The van der Waals surface area contributed by atoms with E-state index in [4.69, 9.17) is 23.7 Å². The van der Waals surface area contributed by atoms with E-state index in [2.05, 4.69) is 20.9 Å². The number of ether oxygens (including phenoxy) is 5. The summed E-state index contributed by atoms with van der Waals surface area (Å²) in [6.07, 6.45) is 3.31. The first-order valence-electron chi connectivity index (χ1n) is 15.7. The van der Waals surface area contributed by atoms with Gasteiger partial charge in [0.05, 0.1) is 19.3 Å². The Morgan fingerprint density at radius 1 is 1.04 bits per heavy atom. The van der Waals surface area contributed by atoms with Gasteiger partial charge in [-0.15, -0.1) is 0 Å². The number of nitrogens with zero attached hydrogens (tertiary/aromatic N) is 1. The molecule has 5 rings (SSSR count). The number of hydrogen-bond acceptors (Lipinski definition) is 9. The fourth-order valence-electron chi connectivity index (χ4n) is 5.93. The second-order valence-electron chi connectivity index (χ2n) is 12.8. The molecule has 244 valence electrons. The SMILES string of the molecule is COc1nc(-c2cccc3c2OC(CNC(=O)C2CCOCC2)CO3)ccc1NC(=O)CC1CC[C@@H](NC(=O)OC(C)(C)C)C1. The van der Waals surface area contributed by atoms with E-state index in [0.717, 1.165) is 25.7 Å². The van der Waals surface area contributed by atoms with Crippen LogP contribution in [0.25, 0.3) is 11.3 Å². The molecule has 0 radical (unpaired) electrons. The fraction of sp³-hybridized carbons (Fsp3) is 0.576. The number of anilines is 1. The first-order chi connectivity index (χ1) is 21.6. The van der Waals surface area contributed by atoms with Crippen molar-refractivity contribution in [3.8, 4) is 28.6 Å². The normalized spacial score (nSPS) is 21.5. The smallest absolute Gasteiger partial charge is 0.407 e. The van der Waals surface area contributed by atoms with E-state index in [1.54, 1.807) is 12.1 Å². The van der Waals surface area contributed by atoms with E-state index in [9.17, 15) is 14.4 Å². The largest absolute Gasteiger partial charge is 0.486 e. The van der Waals surface area contributed by atoms with Gasteiger partial charge in [-0.25, -0.2) is 9.78 Å². The molecule has 0 spiro atoms. The summed E-state index contributed by atoms with van der Waals surface area (Å²) in [4.78, 5) is 42.4. The van der Waals surface area contributed by atoms with E-state index >= 15 is 0 Å². The minimum atomic E-state index is -0.558. The van der Waals surface area contributed by atoms with Gasteiger partial charge in [-0.1, -0.05) is 6.07 Å². The Morgan fingerprint density at radius 2 is 1.84 bits per heavy atom. The van der Waals surface area contributed by atoms with Crippen molar-refractivity contribution in [2.75, 3.05) is 38.8 Å². The van der Waals surface area contributed by atoms with Crippen LogP contribution in [0.4, 0.5) is 10.5 Å². The van der Waals surface area contributed by atoms with Crippen LogP contribution in [0.1, 0.15) is 59.3 Å². The van der Waals surface area contributed by atoms with Crippen LogP contribution in [-0.4, -0.2) is 74.1 Å². The zero-order valence-corrected chi connectivity index (χ0v) is 26.5. The molecule has 12 heteroatoms. The molecule has 45 heavy (non-hydrogen) atoms. The Kier molecular flexibility index (Phi) is 10.3. The summed E-state index contributed by atoms with van der Waals surface area (Å²) in [6, 6.07) is 9.12. The molecule has 2 fully saturated rings. The molecule has 1 saturated heterocycles. The topological polar surface area (TPSA) is 146 Å². The third-order valence-corrected chi connectivity index (χ3v) is 8.12. The van der Waals surface area contributed by atoms with E-state index in [-0.39, 0.29) is 41.7 Å². The molecule has 1 aliphatic carbocycles. The van der Waals surface area contributed by atoms with Gasteiger partial charge in [0.1, 0.15) is 24.0 Å². The van der Waals surface area contributed by atoms with Crippen LogP contribution in [0.3, 0.4) is 0 Å². The Labute approximate surface area is 263 Å². The summed E-state index contributed by atoms with van der Waals surface area (Å²) in [6.45, 7) is 7.32. The van der Waals surface area contributed by atoms with Gasteiger partial charge in [0, 0.05) is 37.2 Å². The summed E-state index contributed by atoms with van der Waals surface area (Å²) >= 11 is 0. The van der Waals surface area contributed by atoms with E-state index in [0.29, 0.717) is 67.7 Å². The zero-order valence-electron chi connectivity index (χ0n) is 26.5. The molecule has 2 unspecified atom stereocenters. The summed E-state index contributed by atoms with van der Waals surface area (Å²) < 4.78 is 28.5. The standard InChI is InChI=1S/C33H44N4O8/c1-33(2,3)45-32(40)35-22-9-8-20(16-22)17-28(38)36-26-11-10-25(37-31(26)41-4)24-6-5-7-27-29(24)44-23(19-43-27)18-34-30(39)21-12-14-42-15-13-21/h5-7,10-11,20-23H,8-9,12-19H2,1-4H3,(H,34,39)(H,35,40)(H,36,38)/t20?,22-,23?/m1/s1. The summed E-state index contributed by atoms with van der Waals surface area (Å²) in [5.41, 5.74) is 1.20. The summed E-state index contributed by atoms with van der Waals surface area (Å²) in [5, 5.41) is 8.85. The highest BCUT2D eigenvalue weighted by molar-refractivity contribution is 5.92. The fourth-order valence-corrected chi connectivity index (χ4v) is 5.93. The maximum absolute atomic E-state index is 13.0. The van der Waals surface area contributed by atoms with Gasteiger partial charge in [0.25, 0.3) is 0 Å². The highest BCUT2D eigenvalue weighted by Gasteiger charge is 2.30. The number of benzene rings is 1. The van der Waals surface area contributed by atoms with Crippen LogP contribution in [0.15, 0.2) is 30.3 Å². The Morgan fingerprint density at radius 3 is 2.60 bits per heavy atom. The number of aromatic nitrogens is 1. The van der Waals surface area contributed by atoms with Crippen molar-refractivity contribution in [3.63, 3.8) is 0 Å². The molecule has 1 saturated carbocycles. The van der Waals surface area contributed by atoms with Crippen molar-refractivity contribution in [2.45, 2.75) is 77.0 Å². The number of alkyl carbamates (subject to hydrolysis) is 1. The maximum atomic E-state index is 13.0. The lowest BCUT2D eigenvalue weighted by atomic mass is 9.99. The molecule has 12 nitrogen and oxygen atoms in total. The first-order valence-corrected chi connectivity index (χ1v) is 15.7. The number of amides is 3. The van der Waals surface area contributed by atoms with Crippen LogP contribution in [0.2, 0.25) is 0 Å². The average Bonchev–Trinajstić information content (AvgIpc) is 3.45. The molecule has 3 amide bonds. The van der Waals surface area contributed by atoms with E-state index in [1.165, 1.54) is 7.11 Å². The highest BCUT2D eigenvalue weighted by Crippen LogP contribution is 2.41. The molecule has 3 aliphatic rings. The number of carbonyl (C=O) groups is 3. The Balaban J connectivity index is 1.18. The van der Waals surface area contributed by atoms with Crippen molar-refractivity contribution in [2.24, 2.45) is 11.8 Å². The van der Waals surface area contributed by atoms with Crippen molar-refractivity contribution in [1.82, 2.24) is 15.6 Å². The van der Waals surface area contributed by atoms with Gasteiger partial charge < -0.3 is 39.6 Å². The number of nitrogens with one attached hydrogen (secondary N) is 3. The first kappa shape index (κ1) is 32.3. The molecule has 2 aliphatic heterocycles. The van der Waals surface area contributed by atoms with Gasteiger partial charge in [-0.3, -0.25) is 9.59 Å². The summed E-state index contributed by atoms with van der Waals surface area (Å²) in [7, 11) is 1.50. The lowest BCUT2D eigenvalue weighted by Crippen LogP contribution is -2.43. The monoisotopic (exact) mass is 624 g/mol. The van der Waals surface area contributed by atoms with Gasteiger partial charge >= 0.3 is 6.09 Å². The Bertz CT molecular complexity index is 1370. The molecular weight excluding hydrogens is 580 g/mol. The maximum Gasteiger partial charge on any atom is 0.407 e. The third kappa shape index (κ3) is 8.78. The number of carbonyl (C=O) groups excluding carboxylic acids is 3. The zero-order chi connectivity index (χ0) is 32.0. The van der Waals surface area contributed by atoms with E-state index < -0.39 is 11.7 Å². The predicted octanol–water partition coefficient (Wildman–Crippen LogP) is 4.46. The number of para-hydroxylation sites is 1. The van der Waals surface area contributed by atoms with Crippen LogP contribution in [0.5, 0.6) is 17.4 Å². The molecule has 1 aromatic carbocycles. The van der Waals surface area contributed by atoms with Crippen molar-refractivity contribution < 1.29 is 38.1 Å². The highest BCUT2D eigenvalue weighted by atomic mass is 16.6. The lowest BCUT2D eigenvalue weighted by Gasteiger charge is -2.29. The predicted molar refractivity (Wildman–Crippen MR) is 166 cm³/mol. The van der Waals surface area contributed by atoms with Crippen molar-refractivity contribution >= 4 is 23.6 Å². The molecule has 1 aromatic heterocycles. The van der Waals surface area contributed by atoms with Gasteiger partial charge in [0.2, 0.25) is 17.7 Å². The molecular formula is C33H44N4O8. The van der Waals surface area contributed by atoms with Crippen LogP contribution in [0, 0.1) is 11.8 Å². The van der Waals surface area contributed by atoms with Crippen molar-refractivity contribution in [1.29, 1.82) is 0 Å². The number of methoxy groups -OCH3 is 1. The number of hydrogen-bond donors (Lipinski definition) is 3. The molecule has 2 aromatic rings. The van der Waals surface area contributed by atoms with Crippen molar-refractivity contribution in [3.05, 3.63) is 30.3 Å². The quantitative estimate of drug-likeness (QED) is 0.368. The Hall–Kier alpha value is -4.06. The number of pyridine rings is 1. The van der Waals surface area contributed by atoms with Crippen LogP contribution >= 0.6 is 0 Å². The lowest BCUT2D eigenvalue weighted by molar-refractivity contribution is -0.128. The molecule has 3 atom stereocenters. The number of fused-ring (bicyclic) bond motifs is 1. The third-order valence-electron chi connectivity index (χ3n) is 8.12.